The Balaban J connectivity index is 1.98. The lowest BCUT2D eigenvalue weighted by molar-refractivity contribution is 0.433. The largest absolute Gasteiger partial charge is 0.508 e. The van der Waals surface area contributed by atoms with Gasteiger partial charge < -0.3 is 10.4 Å². The van der Waals surface area contributed by atoms with Crippen LogP contribution in [0.5, 0.6) is 5.75 Å². The van der Waals surface area contributed by atoms with Crippen LogP contribution in [0.25, 0.3) is 0 Å². The quantitative estimate of drug-likeness (QED) is 0.818. The number of nitrogens with one attached hydrogen (secondary N) is 1. The molecule has 0 aliphatic carbocycles. The van der Waals surface area contributed by atoms with Crippen LogP contribution in [-0.2, 0) is 6.42 Å². The molecule has 2 N–H and O–H groups in total. The second-order valence-corrected chi connectivity index (χ2v) is 6.60. The summed E-state index contributed by atoms with van der Waals surface area (Å²) >= 11 is 3.45. The van der Waals surface area contributed by atoms with Gasteiger partial charge in [-0.2, -0.15) is 0 Å². The van der Waals surface area contributed by atoms with E-state index in [4.69, 9.17) is 0 Å². The Morgan fingerprint density at radius 3 is 2.38 bits per heavy atom. The highest BCUT2D eigenvalue weighted by atomic mass is 79.9. The van der Waals surface area contributed by atoms with Gasteiger partial charge in [0.2, 0.25) is 0 Å². The van der Waals surface area contributed by atoms with E-state index in [1.54, 1.807) is 0 Å². The molecular weight excluding hydrogens is 326 g/mol. The molecule has 0 amide bonds. The summed E-state index contributed by atoms with van der Waals surface area (Å²) < 4.78 is 1.10. The predicted octanol–water partition coefficient (Wildman–Crippen LogP) is 4.74. The molecule has 21 heavy (non-hydrogen) atoms. The van der Waals surface area contributed by atoms with Crippen LogP contribution in [0, 0.1) is 6.92 Å². The van der Waals surface area contributed by atoms with Crippen molar-refractivity contribution in [3.8, 4) is 5.75 Å². The molecule has 2 aromatic rings. The maximum atomic E-state index is 10.0. The molecule has 0 heterocycles. The summed E-state index contributed by atoms with van der Waals surface area (Å²) in [7, 11) is 0. The van der Waals surface area contributed by atoms with Crippen molar-refractivity contribution in [3.63, 3.8) is 0 Å². The lowest BCUT2D eigenvalue weighted by Crippen LogP contribution is -2.30. The topological polar surface area (TPSA) is 32.3 Å². The highest BCUT2D eigenvalue weighted by Gasteiger charge is 2.13. The zero-order valence-corrected chi connectivity index (χ0v) is 14.3. The zero-order valence-electron chi connectivity index (χ0n) is 12.7. The molecule has 2 rings (SSSR count). The van der Waals surface area contributed by atoms with Crippen molar-refractivity contribution >= 4 is 15.9 Å². The number of halogens is 1. The first kappa shape index (κ1) is 16.1. The third kappa shape index (κ3) is 4.58. The minimum absolute atomic E-state index is 0.121. The molecule has 2 atom stereocenters. The Kier molecular flexibility index (Phi) is 5.43. The van der Waals surface area contributed by atoms with Crippen LogP contribution < -0.4 is 5.32 Å². The zero-order chi connectivity index (χ0) is 15.4. The van der Waals surface area contributed by atoms with E-state index in [2.05, 4.69) is 59.4 Å². The maximum absolute atomic E-state index is 10.0. The highest BCUT2D eigenvalue weighted by Crippen LogP contribution is 2.25. The molecule has 3 heteroatoms. The average molecular weight is 348 g/mol. The number of aromatic hydroxyl groups is 1. The second-order valence-electron chi connectivity index (χ2n) is 5.68. The van der Waals surface area contributed by atoms with Gasteiger partial charge in [-0.05, 0) is 56.5 Å². The Morgan fingerprint density at radius 1 is 1.10 bits per heavy atom. The molecule has 0 aliphatic rings. The highest BCUT2D eigenvalue weighted by molar-refractivity contribution is 9.10. The van der Waals surface area contributed by atoms with Gasteiger partial charge in [0.15, 0.2) is 0 Å². The van der Waals surface area contributed by atoms with Crippen molar-refractivity contribution in [2.45, 2.75) is 39.3 Å². The summed E-state index contributed by atoms with van der Waals surface area (Å²) in [4.78, 5) is 0. The molecule has 0 saturated heterocycles. The van der Waals surface area contributed by atoms with Gasteiger partial charge in [0.05, 0.1) is 0 Å². The average Bonchev–Trinajstić information content (AvgIpc) is 2.41. The number of hydrogen-bond acceptors (Lipinski definition) is 2. The SMILES string of the molecule is Cc1ccc(C(C)NC(C)Cc2ccc(Br)cc2)c(O)c1. The standard InChI is InChI=1S/C18H22BrNO/c1-12-4-9-17(18(21)10-12)14(3)20-13(2)11-15-5-7-16(19)8-6-15/h4-10,13-14,20-21H,11H2,1-3H3. The van der Waals surface area contributed by atoms with Crippen LogP contribution >= 0.6 is 15.9 Å². The van der Waals surface area contributed by atoms with E-state index in [0.717, 1.165) is 22.0 Å². The molecule has 0 bridgehead atoms. The van der Waals surface area contributed by atoms with Crippen molar-refractivity contribution in [2.24, 2.45) is 0 Å². The maximum Gasteiger partial charge on any atom is 0.120 e. The number of phenolic OH excluding ortho intramolecular Hbond substituents is 1. The summed E-state index contributed by atoms with van der Waals surface area (Å²) in [5.41, 5.74) is 3.33. The first-order valence-corrected chi connectivity index (χ1v) is 8.05. The molecule has 0 radical (unpaired) electrons. The van der Waals surface area contributed by atoms with Gasteiger partial charge in [-0.3, -0.25) is 0 Å². The molecule has 0 fully saturated rings. The number of rotatable bonds is 5. The Morgan fingerprint density at radius 2 is 1.76 bits per heavy atom. The Labute approximate surface area is 135 Å². The van der Waals surface area contributed by atoms with Crippen molar-refractivity contribution in [1.82, 2.24) is 5.32 Å². The number of phenols is 1. The van der Waals surface area contributed by atoms with Gasteiger partial charge in [0.25, 0.3) is 0 Å². The van der Waals surface area contributed by atoms with Gasteiger partial charge >= 0.3 is 0 Å². The fourth-order valence-electron chi connectivity index (χ4n) is 2.57. The second kappa shape index (κ2) is 7.10. The molecule has 2 unspecified atom stereocenters. The summed E-state index contributed by atoms with van der Waals surface area (Å²) in [5, 5.41) is 13.6. The van der Waals surface area contributed by atoms with Crippen LogP contribution in [0.15, 0.2) is 46.9 Å². The van der Waals surface area contributed by atoms with Crippen LogP contribution in [0.3, 0.4) is 0 Å². The van der Waals surface area contributed by atoms with Gasteiger partial charge in [0, 0.05) is 22.1 Å². The van der Waals surface area contributed by atoms with Gasteiger partial charge in [0.1, 0.15) is 5.75 Å². The van der Waals surface area contributed by atoms with E-state index in [0.29, 0.717) is 11.8 Å². The van der Waals surface area contributed by atoms with Crippen molar-refractivity contribution in [2.75, 3.05) is 0 Å². The fraction of sp³-hybridized carbons (Fsp3) is 0.333. The van der Waals surface area contributed by atoms with Gasteiger partial charge in [-0.15, -0.1) is 0 Å². The van der Waals surface area contributed by atoms with Crippen LogP contribution in [0.2, 0.25) is 0 Å². The minimum atomic E-state index is 0.121. The fourth-order valence-corrected chi connectivity index (χ4v) is 2.83. The van der Waals surface area contributed by atoms with Crippen molar-refractivity contribution in [3.05, 3.63) is 63.6 Å². The number of aryl methyl sites for hydroxylation is 1. The Bertz CT molecular complexity index is 595. The van der Waals surface area contributed by atoms with Crippen LogP contribution in [0.1, 0.15) is 36.6 Å². The van der Waals surface area contributed by atoms with Crippen molar-refractivity contribution in [1.29, 1.82) is 0 Å². The predicted molar refractivity (Wildman–Crippen MR) is 91.7 cm³/mol. The molecule has 0 aromatic heterocycles. The lowest BCUT2D eigenvalue weighted by Gasteiger charge is -2.21. The summed E-state index contributed by atoms with van der Waals surface area (Å²) in [6.07, 6.45) is 0.963. The van der Waals surface area contributed by atoms with Crippen LogP contribution in [0.4, 0.5) is 0 Å². The van der Waals surface area contributed by atoms with E-state index in [1.807, 2.05) is 25.1 Å². The smallest absolute Gasteiger partial charge is 0.120 e. The summed E-state index contributed by atoms with van der Waals surface area (Å²) in [5.74, 6) is 0.367. The van der Waals surface area contributed by atoms with E-state index in [1.165, 1.54) is 5.56 Å². The number of benzene rings is 2. The van der Waals surface area contributed by atoms with Gasteiger partial charge in [-0.25, -0.2) is 0 Å². The van der Waals surface area contributed by atoms with Crippen LogP contribution in [-0.4, -0.2) is 11.1 Å². The summed E-state index contributed by atoms with van der Waals surface area (Å²) in [6, 6.07) is 14.7. The van der Waals surface area contributed by atoms with Crippen molar-refractivity contribution < 1.29 is 5.11 Å². The molecular formula is C18H22BrNO. The van der Waals surface area contributed by atoms with Gasteiger partial charge in [-0.1, -0.05) is 40.2 Å². The minimum Gasteiger partial charge on any atom is -0.508 e. The molecule has 0 saturated carbocycles. The molecule has 0 spiro atoms. The van der Waals surface area contributed by atoms with E-state index in [-0.39, 0.29) is 6.04 Å². The third-order valence-corrected chi connectivity index (χ3v) is 4.17. The van der Waals surface area contributed by atoms with E-state index >= 15 is 0 Å². The Hall–Kier alpha value is -1.32. The number of hydrogen-bond donors (Lipinski definition) is 2. The molecule has 0 aliphatic heterocycles. The normalized spacial score (nSPS) is 13.9. The monoisotopic (exact) mass is 347 g/mol. The molecule has 2 nitrogen and oxygen atoms in total. The molecule has 2 aromatic carbocycles. The third-order valence-electron chi connectivity index (χ3n) is 3.64. The lowest BCUT2D eigenvalue weighted by atomic mass is 10.0. The first-order chi connectivity index (χ1) is 9.95. The van der Waals surface area contributed by atoms with E-state index in [9.17, 15) is 5.11 Å². The molecule has 112 valence electrons. The first-order valence-electron chi connectivity index (χ1n) is 7.25. The summed E-state index contributed by atoms with van der Waals surface area (Å²) in [6.45, 7) is 6.24. The van der Waals surface area contributed by atoms with E-state index < -0.39 is 0 Å².